The molecule has 1 heterocycles. The number of hydrogen-bond donors (Lipinski definition) is 0. The first-order valence-corrected chi connectivity index (χ1v) is 36.0. The Morgan fingerprint density at radius 1 is 0.312 bits per heavy atom. The van der Waals surface area contributed by atoms with Crippen LogP contribution in [0, 0.1) is 6.92 Å². The summed E-state index contributed by atoms with van der Waals surface area (Å²) in [5, 5.41) is 2.87. The first-order chi connectivity index (χ1) is 38.0. The standard InChI is InChI=1S/C32H44N2.2C21H43.Ni/c1-5-8-11-13-19-30-29(18-12-9-6-2)31(27-22-20-25(4)21-23-27)34(33)32(30)28-17-14-16-26(24-28)15-10-7-3;2*1-3-5-7-9-11-13-15-17-19-21-20-18-16-14-12-10-8-6-4-2;/h14,16-17,20-24H,5-13,15,18-19H2,1-4H3;2*1,3-21H2,2H3;. The van der Waals surface area contributed by atoms with Gasteiger partial charge in [-0.15, -0.1) is 0 Å². The monoisotopic (exact) mass is 1100 g/mol. The quantitative estimate of drug-likeness (QED) is 0.0358. The van der Waals surface area contributed by atoms with Gasteiger partial charge in [-0.25, -0.2) is 4.70 Å². The zero-order valence-corrected chi connectivity index (χ0v) is 53.6. The van der Waals surface area contributed by atoms with Crippen molar-refractivity contribution < 1.29 is 19.1 Å². The molecule has 0 spiro atoms. The molecule has 77 heavy (non-hydrogen) atoms. The summed E-state index contributed by atoms with van der Waals surface area (Å²) in [5.41, 5.74) is 21.3. The summed E-state index contributed by atoms with van der Waals surface area (Å²) in [6.45, 7) is 13.5. The fourth-order valence-corrected chi connectivity index (χ4v) is 12.8. The van der Waals surface area contributed by atoms with E-state index in [-0.39, 0.29) is 0 Å². The van der Waals surface area contributed by atoms with Gasteiger partial charge in [0.05, 0.1) is 0 Å². The average molecular weight is 1110 g/mol. The Labute approximate surface area is 488 Å². The third-order valence-electron chi connectivity index (χ3n) is 16.7. The van der Waals surface area contributed by atoms with Crippen LogP contribution in [0.4, 0.5) is 0 Å². The number of aryl methyl sites for hydroxylation is 2. The predicted molar refractivity (Wildman–Crippen MR) is 343 cm³/mol. The van der Waals surface area contributed by atoms with Crippen LogP contribution in [-0.2, 0) is 20.9 Å². The maximum absolute atomic E-state index is 11.7. The molecule has 3 heteroatoms. The van der Waals surface area contributed by atoms with E-state index in [2.05, 4.69) is 90.1 Å². The van der Waals surface area contributed by atoms with Gasteiger partial charge in [-0.1, -0.05) is 206 Å². The van der Waals surface area contributed by atoms with E-state index in [0.717, 1.165) is 48.2 Å². The van der Waals surface area contributed by atoms with Crippen LogP contribution < -0.4 is 0 Å². The van der Waals surface area contributed by atoms with Gasteiger partial charge in [0, 0.05) is 22.3 Å². The van der Waals surface area contributed by atoms with Crippen LogP contribution in [0.1, 0.15) is 371 Å². The number of hydrogen-bond acceptors (Lipinski definition) is 0. The van der Waals surface area contributed by atoms with Crippen molar-refractivity contribution in [1.29, 1.82) is 0 Å². The molecule has 0 atom stereocenters. The van der Waals surface area contributed by atoms with Gasteiger partial charge in [0.2, 0.25) is 11.4 Å². The zero-order chi connectivity index (χ0) is 55.3. The number of nitrogens with zero attached hydrogens (tertiary/aromatic N) is 2. The molecule has 0 amide bonds. The number of benzene rings is 2. The predicted octanol–water partition coefficient (Wildman–Crippen LogP) is 26.8. The second-order valence-corrected chi connectivity index (χ2v) is 25.6. The molecule has 0 aromatic heterocycles. The topological polar surface area (TPSA) is 25.3 Å². The Balaban J connectivity index is 0.000000539. The van der Waals surface area contributed by atoms with E-state index in [1.54, 1.807) is 0 Å². The van der Waals surface area contributed by atoms with Crippen molar-refractivity contribution in [1.82, 2.24) is 0 Å². The summed E-state index contributed by atoms with van der Waals surface area (Å²) in [6.07, 6.45) is 70.3. The first-order valence-electron chi connectivity index (χ1n) is 34.6. The van der Waals surface area contributed by atoms with Crippen molar-refractivity contribution in [3.63, 3.8) is 0 Å². The third kappa shape index (κ3) is 37.6. The number of allylic oxidation sites excluding steroid dienone is 2. The van der Waals surface area contributed by atoms with Gasteiger partial charge >= 0.3 is 166 Å². The molecule has 446 valence electrons. The Morgan fingerprint density at radius 3 is 0.974 bits per heavy atom. The minimum Gasteiger partial charge on any atom is -0.0654 e. The molecule has 0 saturated heterocycles. The van der Waals surface area contributed by atoms with Gasteiger partial charge in [0.1, 0.15) is 0 Å². The van der Waals surface area contributed by atoms with E-state index in [9.17, 15) is 5.53 Å². The summed E-state index contributed by atoms with van der Waals surface area (Å²) < 4.78 is 1.53. The summed E-state index contributed by atoms with van der Waals surface area (Å²) in [7, 11) is 0. The molecule has 1 aliphatic heterocycles. The second-order valence-electron chi connectivity index (χ2n) is 24.1. The summed E-state index contributed by atoms with van der Waals surface area (Å²) in [5.74, 6) is 0. The van der Waals surface area contributed by atoms with Gasteiger partial charge in [-0.2, -0.15) is 0 Å². The number of unbranched alkanes of at least 4 members (excludes halogenated alkanes) is 42. The molecule has 0 radical (unpaired) electrons. The van der Waals surface area contributed by atoms with Crippen molar-refractivity contribution in [2.75, 3.05) is 0 Å². The summed E-state index contributed by atoms with van der Waals surface area (Å²) >= 11 is 2.05. The van der Waals surface area contributed by atoms with Gasteiger partial charge in [-0.3, -0.25) is 0 Å². The van der Waals surface area contributed by atoms with Crippen LogP contribution in [0.3, 0.4) is 0 Å². The molecule has 0 fully saturated rings. The summed E-state index contributed by atoms with van der Waals surface area (Å²) in [6, 6.07) is 17.5. The van der Waals surface area contributed by atoms with Crippen LogP contribution in [0.5, 0.6) is 0 Å². The second kappa shape index (κ2) is 53.3. The molecule has 0 aliphatic carbocycles. The Bertz CT molecular complexity index is 1640. The van der Waals surface area contributed by atoms with Gasteiger partial charge < -0.3 is 5.53 Å². The van der Waals surface area contributed by atoms with Crippen LogP contribution in [-0.4, -0.2) is 4.70 Å². The normalized spacial score (nSPS) is 12.7. The SMILES string of the molecule is CCCCCCC1=C(c2cccc(CCCC)c2)[N+](=[N-])C(c2ccc(C)cc2)=C1CCCCC.CCCCCCCCCCCCCCCCCCCC[CH2][Ni][CH2]CCCCCCCCCCCCCCCCCCCC. The van der Waals surface area contributed by atoms with E-state index in [0.29, 0.717) is 0 Å². The van der Waals surface area contributed by atoms with Gasteiger partial charge in [0.15, 0.2) is 0 Å². The molecule has 2 aromatic carbocycles. The minimum absolute atomic E-state index is 0.996. The Kier molecular flexibility index (Phi) is 49.3. The van der Waals surface area contributed by atoms with E-state index in [1.165, 1.54) is 333 Å². The van der Waals surface area contributed by atoms with E-state index >= 15 is 0 Å². The van der Waals surface area contributed by atoms with Gasteiger partial charge in [0.25, 0.3) is 0 Å². The van der Waals surface area contributed by atoms with E-state index in [1.807, 2.05) is 14.4 Å². The number of rotatable bonds is 54. The molecule has 0 N–H and O–H groups in total. The fraction of sp³-hybridized carbons (Fsp3) is 0.784. The molecular weight excluding hydrogens is 976 g/mol. The zero-order valence-electron chi connectivity index (χ0n) is 52.6. The van der Waals surface area contributed by atoms with Crippen LogP contribution in [0.15, 0.2) is 59.7 Å². The van der Waals surface area contributed by atoms with Crippen molar-refractivity contribution >= 4 is 11.4 Å². The smallest absolute Gasteiger partial charge is 0.0654 e. The van der Waals surface area contributed by atoms with E-state index in [4.69, 9.17) is 0 Å². The molecular formula is C74H130N2Ni. The average Bonchev–Trinajstić information content (AvgIpc) is 3.77. The molecule has 2 nitrogen and oxygen atoms in total. The maximum atomic E-state index is 11.7. The van der Waals surface area contributed by atoms with Gasteiger partial charge in [-0.05, 0) is 75.3 Å². The van der Waals surface area contributed by atoms with Crippen molar-refractivity contribution in [3.8, 4) is 0 Å². The summed E-state index contributed by atoms with van der Waals surface area (Å²) in [4.78, 5) is 0. The van der Waals surface area contributed by atoms with Crippen LogP contribution in [0.25, 0.3) is 16.9 Å². The first kappa shape index (κ1) is 71.1. The van der Waals surface area contributed by atoms with Crippen LogP contribution >= 0.6 is 0 Å². The molecule has 0 unspecified atom stereocenters. The van der Waals surface area contributed by atoms with Crippen molar-refractivity contribution in [2.24, 2.45) is 0 Å². The minimum atomic E-state index is 0.996. The molecule has 1 aliphatic rings. The van der Waals surface area contributed by atoms with E-state index < -0.39 is 0 Å². The Hall–Kier alpha value is -1.99. The van der Waals surface area contributed by atoms with Crippen LogP contribution in [0.2, 0.25) is 10.8 Å². The third-order valence-corrected chi connectivity index (χ3v) is 18.1. The van der Waals surface area contributed by atoms with Crippen molar-refractivity contribution in [2.45, 2.75) is 373 Å². The fourth-order valence-electron chi connectivity index (χ4n) is 11.6. The Morgan fingerprint density at radius 2 is 0.610 bits per heavy atom. The molecule has 2 aromatic rings. The molecule has 0 saturated carbocycles. The molecule has 0 bridgehead atoms. The van der Waals surface area contributed by atoms with Crippen molar-refractivity contribution in [3.05, 3.63) is 87.5 Å². The molecule has 3 rings (SSSR count).